The van der Waals surface area contributed by atoms with Crippen LogP contribution in [0.1, 0.15) is 25.1 Å². The molecule has 1 unspecified atom stereocenters. The predicted octanol–water partition coefficient (Wildman–Crippen LogP) is 2.11. The second-order valence-corrected chi connectivity index (χ2v) is 6.29. The van der Waals surface area contributed by atoms with E-state index >= 15 is 0 Å². The van der Waals surface area contributed by atoms with Crippen LogP contribution in [0.25, 0.3) is 0 Å². The summed E-state index contributed by atoms with van der Waals surface area (Å²) >= 11 is 1.80. The monoisotopic (exact) mass is 269 g/mol. The van der Waals surface area contributed by atoms with Gasteiger partial charge in [-0.1, -0.05) is 13.8 Å². The molecule has 1 atom stereocenters. The van der Waals surface area contributed by atoms with Crippen LogP contribution in [-0.2, 0) is 11.3 Å². The Morgan fingerprint density at radius 1 is 1.61 bits per heavy atom. The van der Waals surface area contributed by atoms with Crippen molar-refractivity contribution in [2.45, 2.75) is 32.9 Å². The molecule has 1 aliphatic heterocycles. The van der Waals surface area contributed by atoms with Crippen LogP contribution in [0.2, 0.25) is 0 Å². The number of nitrogens with one attached hydrogen (secondary N) is 1. The number of hydrogen-bond donors (Lipinski definition) is 1. The van der Waals surface area contributed by atoms with Crippen molar-refractivity contribution >= 4 is 16.5 Å². The molecule has 0 spiro atoms. The Labute approximate surface area is 113 Å². The molecule has 1 saturated heterocycles. The van der Waals surface area contributed by atoms with E-state index in [0.717, 1.165) is 31.4 Å². The minimum atomic E-state index is 0.522. The standard InChI is InChI=1S/C13H23N3OS/c1-10(2)14-6-12-7-15-13(18-12)16-5-4-11(8-16)9-17-3/h7,10-11,14H,4-6,8-9H2,1-3H3. The van der Waals surface area contributed by atoms with Crippen LogP contribution in [0.3, 0.4) is 0 Å². The zero-order chi connectivity index (χ0) is 13.0. The first-order valence-corrected chi connectivity index (χ1v) is 7.42. The molecule has 0 radical (unpaired) electrons. The third-order valence-corrected chi connectivity index (χ3v) is 4.24. The van der Waals surface area contributed by atoms with Crippen molar-refractivity contribution in [2.24, 2.45) is 5.92 Å². The fourth-order valence-electron chi connectivity index (χ4n) is 2.21. The van der Waals surface area contributed by atoms with E-state index in [0.29, 0.717) is 12.0 Å². The molecule has 1 fully saturated rings. The smallest absolute Gasteiger partial charge is 0.185 e. The molecule has 0 aliphatic carbocycles. The van der Waals surface area contributed by atoms with Crippen molar-refractivity contribution in [3.05, 3.63) is 11.1 Å². The molecular weight excluding hydrogens is 246 g/mol. The number of methoxy groups -OCH3 is 1. The predicted molar refractivity (Wildman–Crippen MR) is 76.3 cm³/mol. The normalized spacial score (nSPS) is 20.0. The van der Waals surface area contributed by atoms with Crippen molar-refractivity contribution in [1.29, 1.82) is 0 Å². The lowest BCUT2D eigenvalue weighted by atomic mass is 10.1. The average molecular weight is 269 g/mol. The van der Waals surface area contributed by atoms with Crippen LogP contribution >= 0.6 is 11.3 Å². The fraction of sp³-hybridized carbons (Fsp3) is 0.769. The molecule has 1 N–H and O–H groups in total. The first-order chi connectivity index (χ1) is 8.69. The van der Waals surface area contributed by atoms with E-state index in [1.807, 2.05) is 6.20 Å². The van der Waals surface area contributed by atoms with Gasteiger partial charge in [0.05, 0.1) is 6.61 Å². The summed E-state index contributed by atoms with van der Waals surface area (Å²) in [6, 6.07) is 0.522. The maximum absolute atomic E-state index is 5.23. The Balaban J connectivity index is 1.86. The van der Waals surface area contributed by atoms with Gasteiger partial charge in [-0.15, -0.1) is 11.3 Å². The van der Waals surface area contributed by atoms with Crippen molar-refractivity contribution in [2.75, 3.05) is 31.7 Å². The molecule has 0 amide bonds. The summed E-state index contributed by atoms with van der Waals surface area (Å²) in [5.41, 5.74) is 0. The van der Waals surface area contributed by atoms with Gasteiger partial charge in [-0.05, 0) is 6.42 Å². The highest BCUT2D eigenvalue weighted by molar-refractivity contribution is 7.15. The van der Waals surface area contributed by atoms with Crippen LogP contribution in [0, 0.1) is 5.92 Å². The van der Waals surface area contributed by atoms with Gasteiger partial charge in [-0.25, -0.2) is 4.98 Å². The molecule has 1 aromatic rings. The molecule has 4 nitrogen and oxygen atoms in total. The van der Waals surface area contributed by atoms with Crippen LogP contribution in [-0.4, -0.2) is 37.8 Å². The highest BCUT2D eigenvalue weighted by Gasteiger charge is 2.24. The van der Waals surface area contributed by atoms with Gasteiger partial charge in [-0.3, -0.25) is 0 Å². The van der Waals surface area contributed by atoms with E-state index in [2.05, 4.69) is 29.0 Å². The summed E-state index contributed by atoms with van der Waals surface area (Å²) in [5.74, 6) is 0.663. The van der Waals surface area contributed by atoms with Crippen molar-refractivity contribution in [3.63, 3.8) is 0 Å². The van der Waals surface area contributed by atoms with Crippen LogP contribution in [0.4, 0.5) is 5.13 Å². The SMILES string of the molecule is COCC1CCN(c2ncc(CNC(C)C)s2)C1. The summed E-state index contributed by atoms with van der Waals surface area (Å²) in [7, 11) is 1.78. The number of thiazole rings is 1. The van der Waals surface area contributed by atoms with Gasteiger partial charge in [0.1, 0.15) is 0 Å². The molecule has 102 valence electrons. The van der Waals surface area contributed by atoms with Gasteiger partial charge in [0, 0.05) is 49.8 Å². The van der Waals surface area contributed by atoms with Gasteiger partial charge in [-0.2, -0.15) is 0 Å². The molecule has 2 rings (SSSR count). The molecule has 2 heterocycles. The summed E-state index contributed by atoms with van der Waals surface area (Å²) in [6.07, 6.45) is 3.21. The zero-order valence-electron chi connectivity index (χ0n) is 11.5. The van der Waals surface area contributed by atoms with E-state index in [1.165, 1.54) is 11.3 Å². The lowest BCUT2D eigenvalue weighted by Crippen LogP contribution is -2.21. The third kappa shape index (κ3) is 3.67. The van der Waals surface area contributed by atoms with Crippen molar-refractivity contribution in [3.8, 4) is 0 Å². The highest BCUT2D eigenvalue weighted by atomic mass is 32.1. The summed E-state index contributed by atoms with van der Waals surface area (Å²) < 4.78 is 5.23. The Bertz CT molecular complexity index is 367. The number of hydrogen-bond acceptors (Lipinski definition) is 5. The second kappa shape index (κ2) is 6.50. The second-order valence-electron chi connectivity index (χ2n) is 5.20. The van der Waals surface area contributed by atoms with Crippen LogP contribution < -0.4 is 10.2 Å². The summed E-state index contributed by atoms with van der Waals surface area (Å²) in [4.78, 5) is 8.23. The maximum Gasteiger partial charge on any atom is 0.185 e. The molecule has 0 bridgehead atoms. The number of rotatable bonds is 6. The van der Waals surface area contributed by atoms with Crippen LogP contribution in [0.5, 0.6) is 0 Å². The molecule has 0 aromatic carbocycles. The molecular formula is C13H23N3OS. The largest absolute Gasteiger partial charge is 0.384 e. The minimum Gasteiger partial charge on any atom is -0.384 e. The molecule has 0 saturated carbocycles. The number of anilines is 1. The van der Waals surface area contributed by atoms with Gasteiger partial charge < -0.3 is 15.0 Å². The quantitative estimate of drug-likeness (QED) is 0.858. The topological polar surface area (TPSA) is 37.4 Å². The van der Waals surface area contributed by atoms with Crippen LogP contribution in [0.15, 0.2) is 6.20 Å². The minimum absolute atomic E-state index is 0.522. The van der Waals surface area contributed by atoms with Gasteiger partial charge in [0.15, 0.2) is 5.13 Å². The maximum atomic E-state index is 5.23. The molecule has 1 aromatic heterocycles. The van der Waals surface area contributed by atoms with Crippen molar-refractivity contribution in [1.82, 2.24) is 10.3 Å². The van der Waals surface area contributed by atoms with Gasteiger partial charge in [0.25, 0.3) is 0 Å². The Morgan fingerprint density at radius 2 is 2.44 bits per heavy atom. The van der Waals surface area contributed by atoms with E-state index in [-0.39, 0.29) is 0 Å². The van der Waals surface area contributed by atoms with Gasteiger partial charge >= 0.3 is 0 Å². The highest BCUT2D eigenvalue weighted by Crippen LogP contribution is 2.28. The molecule has 18 heavy (non-hydrogen) atoms. The lowest BCUT2D eigenvalue weighted by Gasteiger charge is -2.14. The van der Waals surface area contributed by atoms with Gasteiger partial charge in [0.2, 0.25) is 0 Å². The fourth-order valence-corrected chi connectivity index (χ4v) is 3.10. The zero-order valence-corrected chi connectivity index (χ0v) is 12.3. The lowest BCUT2D eigenvalue weighted by molar-refractivity contribution is 0.161. The van der Waals surface area contributed by atoms with Crippen molar-refractivity contribution < 1.29 is 4.74 Å². The first-order valence-electron chi connectivity index (χ1n) is 6.61. The number of ether oxygens (including phenoxy) is 1. The Hall–Kier alpha value is -0.650. The number of nitrogens with zero attached hydrogens (tertiary/aromatic N) is 2. The number of aromatic nitrogens is 1. The van der Waals surface area contributed by atoms with E-state index in [1.54, 1.807) is 18.4 Å². The summed E-state index contributed by atoms with van der Waals surface area (Å²) in [6.45, 7) is 8.31. The van der Waals surface area contributed by atoms with E-state index in [4.69, 9.17) is 4.74 Å². The Morgan fingerprint density at radius 3 is 3.17 bits per heavy atom. The average Bonchev–Trinajstić information content (AvgIpc) is 2.94. The van der Waals surface area contributed by atoms with E-state index in [9.17, 15) is 0 Å². The summed E-state index contributed by atoms with van der Waals surface area (Å²) in [5, 5.41) is 4.59. The van der Waals surface area contributed by atoms with E-state index < -0.39 is 0 Å². The first kappa shape index (κ1) is 13.8. The molecule has 5 heteroatoms. The molecule has 1 aliphatic rings. The Kier molecular flexibility index (Phi) is 4.97. The third-order valence-electron chi connectivity index (χ3n) is 3.18.